The van der Waals surface area contributed by atoms with Gasteiger partial charge in [0.05, 0.1) is 0 Å². The van der Waals surface area contributed by atoms with Crippen LogP contribution < -0.4 is 21.5 Å². The van der Waals surface area contributed by atoms with E-state index >= 15 is 0 Å². The molecule has 2 amide bonds. The summed E-state index contributed by atoms with van der Waals surface area (Å²) in [6.07, 6.45) is 0. The Kier molecular flexibility index (Phi) is 7.99. The molecule has 1 aromatic carbocycles. The molecule has 156 valence electrons. The zero-order valence-electron chi connectivity index (χ0n) is 18.2. The van der Waals surface area contributed by atoms with Crippen molar-refractivity contribution >= 4 is 29.1 Å². The number of thiocarbonyl (C=S) groups is 1. The van der Waals surface area contributed by atoms with Gasteiger partial charge in [-0.05, 0) is 62.0 Å². The molecular formula is C21H34N4O2S. The molecule has 7 heteroatoms. The van der Waals surface area contributed by atoms with Crippen LogP contribution in [0.25, 0.3) is 0 Å². The van der Waals surface area contributed by atoms with Crippen molar-refractivity contribution < 1.29 is 9.59 Å². The Balaban J connectivity index is 2.74. The summed E-state index contributed by atoms with van der Waals surface area (Å²) in [6.45, 7) is 16.0. The largest absolute Gasteiger partial charge is 0.357 e. The molecule has 1 rings (SSSR count). The summed E-state index contributed by atoms with van der Waals surface area (Å²) in [7, 11) is 0. The molecule has 0 spiro atoms. The highest BCUT2D eigenvalue weighted by molar-refractivity contribution is 7.80. The van der Waals surface area contributed by atoms with E-state index in [9.17, 15) is 9.59 Å². The van der Waals surface area contributed by atoms with Gasteiger partial charge in [0.2, 0.25) is 0 Å². The lowest BCUT2D eigenvalue weighted by Crippen LogP contribution is -2.57. The van der Waals surface area contributed by atoms with Gasteiger partial charge in [-0.1, -0.05) is 46.8 Å². The third-order valence-electron chi connectivity index (χ3n) is 4.04. The molecule has 0 bridgehead atoms. The van der Waals surface area contributed by atoms with Gasteiger partial charge in [0, 0.05) is 11.1 Å². The van der Waals surface area contributed by atoms with Crippen LogP contribution in [0.5, 0.6) is 0 Å². The molecule has 0 unspecified atom stereocenters. The van der Waals surface area contributed by atoms with Gasteiger partial charge >= 0.3 is 0 Å². The molecule has 0 aliphatic heterocycles. The number of carbonyl (C=O) groups is 2. The van der Waals surface area contributed by atoms with Crippen molar-refractivity contribution in [2.45, 2.75) is 72.4 Å². The first kappa shape index (κ1) is 23.9. The monoisotopic (exact) mass is 406 g/mol. The van der Waals surface area contributed by atoms with E-state index in [-0.39, 0.29) is 28.7 Å². The average molecular weight is 407 g/mol. The first-order chi connectivity index (χ1) is 12.7. The number of hydrazine groups is 1. The molecule has 4 N–H and O–H groups in total. The molecule has 0 fully saturated rings. The quantitative estimate of drug-likeness (QED) is 0.456. The van der Waals surface area contributed by atoms with Gasteiger partial charge in [-0.3, -0.25) is 20.4 Å². The smallest absolute Gasteiger partial charge is 0.261 e. The molecule has 1 aromatic rings. The van der Waals surface area contributed by atoms with E-state index < -0.39 is 6.04 Å². The van der Waals surface area contributed by atoms with Crippen LogP contribution in [-0.4, -0.2) is 28.5 Å². The number of nitrogens with one attached hydrogen (secondary N) is 4. The van der Waals surface area contributed by atoms with Crippen molar-refractivity contribution in [3.05, 3.63) is 35.4 Å². The Morgan fingerprint density at radius 1 is 0.929 bits per heavy atom. The van der Waals surface area contributed by atoms with Crippen LogP contribution in [-0.2, 0) is 10.2 Å². The van der Waals surface area contributed by atoms with Gasteiger partial charge in [-0.15, -0.1) is 0 Å². The lowest BCUT2D eigenvalue weighted by Gasteiger charge is -2.25. The Bertz CT molecular complexity index is 701. The minimum absolute atomic E-state index is 0.0144. The normalized spacial score (nSPS) is 12.9. The summed E-state index contributed by atoms with van der Waals surface area (Å²) in [5.74, 6) is -0.735. The SMILES string of the molecule is CC(C)[C@H](NC(=O)c1ccc(C(C)(C)C)cc1)C(=O)NNC(=S)NC(C)(C)C. The summed E-state index contributed by atoms with van der Waals surface area (Å²) >= 11 is 5.15. The molecule has 6 nitrogen and oxygen atoms in total. The van der Waals surface area contributed by atoms with E-state index in [1.165, 1.54) is 0 Å². The molecule has 0 aliphatic rings. The maximum atomic E-state index is 12.6. The van der Waals surface area contributed by atoms with Crippen molar-refractivity contribution in [2.75, 3.05) is 0 Å². The second-order valence-electron chi connectivity index (χ2n) is 9.34. The number of hydrogen-bond donors (Lipinski definition) is 4. The fourth-order valence-electron chi connectivity index (χ4n) is 2.45. The third kappa shape index (κ3) is 7.84. The molecule has 28 heavy (non-hydrogen) atoms. The maximum absolute atomic E-state index is 12.6. The summed E-state index contributed by atoms with van der Waals surface area (Å²) in [5.41, 5.74) is 6.70. The van der Waals surface area contributed by atoms with E-state index in [0.717, 1.165) is 5.56 Å². The van der Waals surface area contributed by atoms with E-state index in [0.29, 0.717) is 10.7 Å². The van der Waals surface area contributed by atoms with Crippen LogP contribution in [0.1, 0.15) is 71.3 Å². The molecular weight excluding hydrogens is 372 g/mol. The Hall–Kier alpha value is -2.15. The van der Waals surface area contributed by atoms with Crippen LogP contribution >= 0.6 is 12.2 Å². The first-order valence-corrected chi connectivity index (χ1v) is 9.91. The van der Waals surface area contributed by atoms with Crippen molar-refractivity contribution in [1.82, 2.24) is 21.5 Å². The fraction of sp³-hybridized carbons (Fsp3) is 0.571. The summed E-state index contributed by atoms with van der Waals surface area (Å²) in [6, 6.07) is 6.76. The summed E-state index contributed by atoms with van der Waals surface area (Å²) in [5, 5.41) is 6.17. The summed E-state index contributed by atoms with van der Waals surface area (Å²) in [4.78, 5) is 25.1. The van der Waals surface area contributed by atoms with Gasteiger partial charge in [-0.2, -0.15) is 0 Å². The minimum atomic E-state index is -0.695. The lowest BCUT2D eigenvalue weighted by atomic mass is 9.86. The average Bonchev–Trinajstić information content (AvgIpc) is 2.54. The van der Waals surface area contributed by atoms with Gasteiger partial charge < -0.3 is 10.6 Å². The highest BCUT2D eigenvalue weighted by Crippen LogP contribution is 2.22. The topological polar surface area (TPSA) is 82.3 Å². The number of amides is 2. The number of rotatable bonds is 4. The minimum Gasteiger partial charge on any atom is -0.357 e. The standard InChI is InChI=1S/C21H34N4O2S/c1-13(2)16(18(27)24-25-19(28)23-21(6,7)8)22-17(26)14-9-11-15(12-10-14)20(3,4)5/h9-13,16H,1-8H3,(H,22,26)(H,24,27)(H2,23,25,28)/t16-/m0/s1. The van der Waals surface area contributed by atoms with Crippen molar-refractivity contribution in [1.29, 1.82) is 0 Å². The van der Waals surface area contributed by atoms with Crippen LogP contribution in [0.2, 0.25) is 0 Å². The second-order valence-corrected chi connectivity index (χ2v) is 9.75. The predicted octanol–water partition coefficient (Wildman–Crippen LogP) is 3.03. The zero-order valence-corrected chi connectivity index (χ0v) is 19.0. The predicted molar refractivity (Wildman–Crippen MR) is 118 cm³/mol. The lowest BCUT2D eigenvalue weighted by molar-refractivity contribution is -0.124. The Morgan fingerprint density at radius 2 is 1.46 bits per heavy atom. The van der Waals surface area contributed by atoms with E-state index in [1.54, 1.807) is 12.1 Å². The van der Waals surface area contributed by atoms with Crippen LogP contribution in [0, 0.1) is 5.92 Å². The molecule has 0 saturated heterocycles. The van der Waals surface area contributed by atoms with Gasteiger partial charge in [-0.25, -0.2) is 0 Å². The second kappa shape index (κ2) is 9.37. The van der Waals surface area contributed by atoms with Crippen molar-refractivity contribution in [3.8, 4) is 0 Å². The van der Waals surface area contributed by atoms with E-state index in [4.69, 9.17) is 12.2 Å². The molecule has 1 atom stereocenters. The van der Waals surface area contributed by atoms with Crippen molar-refractivity contribution in [3.63, 3.8) is 0 Å². The Morgan fingerprint density at radius 3 is 1.89 bits per heavy atom. The fourth-order valence-corrected chi connectivity index (χ4v) is 2.81. The molecule has 0 radical (unpaired) electrons. The van der Waals surface area contributed by atoms with Crippen molar-refractivity contribution in [2.24, 2.45) is 5.92 Å². The number of hydrogen-bond acceptors (Lipinski definition) is 3. The van der Waals surface area contributed by atoms with Crippen LogP contribution in [0.4, 0.5) is 0 Å². The molecule has 0 aliphatic carbocycles. The van der Waals surface area contributed by atoms with Gasteiger partial charge in [0.15, 0.2) is 5.11 Å². The number of carbonyl (C=O) groups excluding carboxylic acids is 2. The highest BCUT2D eigenvalue weighted by atomic mass is 32.1. The third-order valence-corrected chi connectivity index (χ3v) is 4.24. The number of benzene rings is 1. The van der Waals surface area contributed by atoms with E-state index in [1.807, 2.05) is 46.8 Å². The van der Waals surface area contributed by atoms with E-state index in [2.05, 4.69) is 42.3 Å². The molecule has 0 saturated carbocycles. The summed E-state index contributed by atoms with van der Waals surface area (Å²) < 4.78 is 0. The van der Waals surface area contributed by atoms with Crippen LogP contribution in [0.3, 0.4) is 0 Å². The van der Waals surface area contributed by atoms with Crippen LogP contribution in [0.15, 0.2) is 24.3 Å². The molecule has 0 heterocycles. The van der Waals surface area contributed by atoms with Gasteiger partial charge in [0.1, 0.15) is 6.04 Å². The highest BCUT2D eigenvalue weighted by Gasteiger charge is 2.25. The van der Waals surface area contributed by atoms with Gasteiger partial charge in [0.25, 0.3) is 11.8 Å². The Labute approximate surface area is 174 Å². The zero-order chi connectivity index (χ0) is 21.7. The molecule has 0 aromatic heterocycles. The maximum Gasteiger partial charge on any atom is 0.261 e. The first-order valence-electron chi connectivity index (χ1n) is 9.50.